The van der Waals surface area contributed by atoms with E-state index in [4.69, 9.17) is 14.6 Å². The molecule has 0 heterocycles. The molecule has 0 radical (unpaired) electrons. The van der Waals surface area contributed by atoms with E-state index in [2.05, 4.69) is 36.4 Å². The molecule has 0 aliphatic carbocycles. The monoisotopic (exact) mass is 282 g/mol. The predicted octanol–water partition coefficient (Wildman–Crippen LogP) is 0.896. The lowest BCUT2D eigenvalue weighted by Crippen LogP contribution is -2.32. The molecule has 0 spiro atoms. The SMILES string of the molecule is COc1cccc(C(CNCCOCCO)N(C)C)c1. The van der Waals surface area contributed by atoms with E-state index in [0.29, 0.717) is 13.2 Å². The molecule has 0 fully saturated rings. The first-order valence-electron chi connectivity index (χ1n) is 6.88. The fraction of sp³-hybridized carbons (Fsp3) is 0.600. The lowest BCUT2D eigenvalue weighted by molar-refractivity contribution is 0.0930. The molecule has 1 aromatic rings. The smallest absolute Gasteiger partial charge is 0.119 e. The fourth-order valence-corrected chi connectivity index (χ4v) is 2.00. The standard InChI is InChI=1S/C15H26N2O3/c1-17(2)15(12-16-7-9-20-10-8-18)13-5-4-6-14(11-13)19-3/h4-6,11,15-16,18H,7-10,12H2,1-3H3. The third-order valence-electron chi connectivity index (χ3n) is 3.10. The third-order valence-corrected chi connectivity index (χ3v) is 3.10. The van der Waals surface area contributed by atoms with Gasteiger partial charge in [0.2, 0.25) is 0 Å². The van der Waals surface area contributed by atoms with Gasteiger partial charge in [0, 0.05) is 19.1 Å². The summed E-state index contributed by atoms with van der Waals surface area (Å²) in [4.78, 5) is 2.18. The van der Waals surface area contributed by atoms with Crippen molar-refractivity contribution in [2.24, 2.45) is 0 Å². The van der Waals surface area contributed by atoms with Crippen LogP contribution in [-0.2, 0) is 4.74 Å². The van der Waals surface area contributed by atoms with Gasteiger partial charge in [-0.05, 0) is 31.8 Å². The lowest BCUT2D eigenvalue weighted by atomic mass is 10.1. The summed E-state index contributed by atoms with van der Waals surface area (Å²) in [6.45, 7) is 2.69. The Kier molecular flexibility index (Phi) is 8.22. The van der Waals surface area contributed by atoms with E-state index in [-0.39, 0.29) is 12.6 Å². The number of benzene rings is 1. The Bertz CT molecular complexity index is 372. The van der Waals surface area contributed by atoms with Crippen LogP contribution in [0.2, 0.25) is 0 Å². The molecule has 0 aromatic heterocycles. The Labute approximate surface area is 121 Å². The molecule has 1 aromatic carbocycles. The lowest BCUT2D eigenvalue weighted by Gasteiger charge is -2.25. The Morgan fingerprint density at radius 2 is 2.10 bits per heavy atom. The number of methoxy groups -OCH3 is 1. The molecule has 0 bridgehead atoms. The maximum absolute atomic E-state index is 8.62. The van der Waals surface area contributed by atoms with Crippen molar-refractivity contribution in [2.45, 2.75) is 6.04 Å². The van der Waals surface area contributed by atoms with Crippen molar-refractivity contribution in [3.8, 4) is 5.75 Å². The molecular formula is C15H26N2O3. The zero-order chi connectivity index (χ0) is 14.8. The minimum absolute atomic E-state index is 0.0735. The molecule has 20 heavy (non-hydrogen) atoms. The minimum Gasteiger partial charge on any atom is -0.497 e. The summed E-state index contributed by atoms with van der Waals surface area (Å²) < 4.78 is 10.5. The Morgan fingerprint density at radius 1 is 1.30 bits per heavy atom. The van der Waals surface area contributed by atoms with Gasteiger partial charge in [-0.25, -0.2) is 0 Å². The van der Waals surface area contributed by atoms with Crippen LogP contribution in [0.5, 0.6) is 5.75 Å². The van der Waals surface area contributed by atoms with Crippen LogP contribution < -0.4 is 10.1 Å². The van der Waals surface area contributed by atoms with Crippen LogP contribution in [0.15, 0.2) is 24.3 Å². The second-order valence-corrected chi connectivity index (χ2v) is 4.80. The zero-order valence-electron chi connectivity index (χ0n) is 12.6. The van der Waals surface area contributed by atoms with Crippen LogP contribution >= 0.6 is 0 Å². The first-order valence-corrected chi connectivity index (χ1v) is 6.88. The van der Waals surface area contributed by atoms with Crippen LogP contribution in [0.1, 0.15) is 11.6 Å². The summed E-state index contributed by atoms with van der Waals surface area (Å²) >= 11 is 0. The maximum Gasteiger partial charge on any atom is 0.119 e. The normalized spacial score (nSPS) is 12.7. The average Bonchev–Trinajstić information content (AvgIpc) is 2.46. The second kappa shape index (κ2) is 9.72. The van der Waals surface area contributed by atoms with Gasteiger partial charge in [0.15, 0.2) is 0 Å². The Morgan fingerprint density at radius 3 is 2.75 bits per heavy atom. The van der Waals surface area contributed by atoms with E-state index in [0.717, 1.165) is 18.8 Å². The maximum atomic E-state index is 8.62. The summed E-state index contributed by atoms with van der Waals surface area (Å²) in [7, 11) is 5.81. The van der Waals surface area contributed by atoms with Gasteiger partial charge < -0.3 is 24.8 Å². The van der Waals surface area contributed by atoms with E-state index >= 15 is 0 Å². The molecule has 0 amide bonds. The van der Waals surface area contributed by atoms with Crippen molar-refractivity contribution in [1.29, 1.82) is 0 Å². The number of nitrogens with zero attached hydrogens (tertiary/aromatic N) is 1. The van der Waals surface area contributed by atoms with Crippen molar-refractivity contribution in [3.05, 3.63) is 29.8 Å². The topological polar surface area (TPSA) is 54.0 Å². The largest absolute Gasteiger partial charge is 0.497 e. The number of aliphatic hydroxyl groups is 1. The van der Waals surface area contributed by atoms with Gasteiger partial charge in [0.25, 0.3) is 0 Å². The molecule has 1 rings (SSSR count). The summed E-state index contributed by atoms with van der Waals surface area (Å²) in [5.74, 6) is 0.876. The van der Waals surface area contributed by atoms with E-state index < -0.39 is 0 Å². The number of hydrogen-bond acceptors (Lipinski definition) is 5. The molecule has 5 heteroatoms. The fourth-order valence-electron chi connectivity index (χ4n) is 2.00. The van der Waals surface area contributed by atoms with Crippen LogP contribution in [0, 0.1) is 0 Å². The summed E-state index contributed by atoms with van der Waals surface area (Å²) in [5, 5.41) is 12.0. The van der Waals surface area contributed by atoms with Crippen molar-refractivity contribution in [3.63, 3.8) is 0 Å². The van der Waals surface area contributed by atoms with Gasteiger partial charge in [0.1, 0.15) is 5.75 Å². The van der Waals surface area contributed by atoms with Crippen molar-refractivity contribution in [2.75, 3.05) is 54.1 Å². The predicted molar refractivity (Wildman–Crippen MR) is 80.2 cm³/mol. The van der Waals surface area contributed by atoms with Crippen molar-refractivity contribution in [1.82, 2.24) is 10.2 Å². The van der Waals surface area contributed by atoms with E-state index in [1.807, 2.05) is 12.1 Å². The molecule has 0 aliphatic rings. The highest BCUT2D eigenvalue weighted by molar-refractivity contribution is 5.30. The van der Waals surface area contributed by atoms with Crippen molar-refractivity contribution >= 4 is 0 Å². The molecule has 1 unspecified atom stereocenters. The van der Waals surface area contributed by atoms with Crippen molar-refractivity contribution < 1.29 is 14.6 Å². The molecular weight excluding hydrogens is 256 g/mol. The van der Waals surface area contributed by atoms with Crippen LogP contribution in [-0.4, -0.2) is 64.1 Å². The Balaban J connectivity index is 2.47. The number of hydrogen-bond donors (Lipinski definition) is 2. The molecule has 5 nitrogen and oxygen atoms in total. The highest BCUT2D eigenvalue weighted by atomic mass is 16.5. The quantitative estimate of drug-likeness (QED) is 0.624. The first kappa shape index (κ1) is 16.9. The highest BCUT2D eigenvalue weighted by Gasteiger charge is 2.14. The molecule has 2 N–H and O–H groups in total. The van der Waals surface area contributed by atoms with Gasteiger partial charge in [0.05, 0.1) is 26.9 Å². The number of likely N-dealkylation sites (N-methyl/N-ethyl adjacent to an activating group) is 1. The second-order valence-electron chi connectivity index (χ2n) is 4.80. The number of ether oxygens (including phenoxy) is 2. The van der Waals surface area contributed by atoms with Crippen LogP contribution in [0.3, 0.4) is 0 Å². The Hall–Kier alpha value is -1.14. The summed E-state index contributed by atoms with van der Waals surface area (Å²) in [6.07, 6.45) is 0. The van der Waals surface area contributed by atoms with E-state index in [1.54, 1.807) is 7.11 Å². The number of aliphatic hydroxyl groups excluding tert-OH is 1. The molecule has 0 saturated carbocycles. The molecule has 114 valence electrons. The third kappa shape index (κ3) is 5.88. The summed E-state index contributed by atoms with van der Waals surface area (Å²) in [5.41, 5.74) is 1.22. The van der Waals surface area contributed by atoms with Gasteiger partial charge in [-0.15, -0.1) is 0 Å². The molecule has 1 atom stereocenters. The van der Waals surface area contributed by atoms with Crippen LogP contribution in [0.25, 0.3) is 0 Å². The number of nitrogens with one attached hydrogen (secondary N) is 1. The van der Waals surface area contributed by atoms with Crippen LogP contribution in [0.4, 0.5) is 0 Å². The molecule has 0 saturated heterocycles. The zero-order valence-corrected chi connectivity index (χ0v) is 12.6. The number of rotatable bonds is 10. The summed E-state index contributed by atoms with van der Waals surface area (Å²) in [6, 6.07) is 8.41. The first-order chi connectivity index (χ1) is 9.69. The van der Waals surface area contributed by atoms with E-state index in [9.17, 15) is 0 Å². The van der Waals surface area contributed by atoms with Gasteiger partial charge in [-0.2, -0.15) is 0 Å². The average molecular weight is 282 g/mol. The highest BCUT2D eigenvalue weighted by Crippen LogP contribution is 2.21. The van der Waals surface area contributed by atoms with Gasteiger partial charge in [-0.1, -0.05) is 12.1 Å². The van der Waals surface area contributed by atoms with E-state index in [1.165, 1.54) is 5.56 Å². The van der Waals surface area contributed by atoms with Gasteiger partial charge in [-0.3, -0.25) is 0 Å². The van der Waals surface area contributed by atoms with Gasteiger partial charge >= 0.3 is 0 Å². The minimum atomic E-state index is 0.0735. The molecule has 0 aliphatic heterocycles.